The highest BCUT2D eigenvalue weighted by Crippen LogP contribution is 2.34. The third-order valence-electron chi connectivity index (χ3n) is 2.50. The van der Waals surface area contributed by atoms with Gasteiger partial charge >= 0.3 is 0 Å². The van der Waals surface area contributed by atoms with Crippen LogP contribution in [-0.2, 0) is 4.79 Å². The second kappa shape index (κ2) is 4.28. The molecule has 0 spiro atoms. The molecule has 0 aromatic heterocycles. The number of aliphatic hydroxyl groups is 1. The van der Waals surface area contributed by atoms with E-state index in [9.17, 15) is 4.79 Å². The van der Waals surface area contributed by atoms with Gasteiger partial charge in [-0.3, -0.25) is 10.1 Å². The maximum absolute atomic E-state index is 11.5. The third kappa shape index (κ3) is 2.96. The van der Waals surface area contributed by atoms with Crippen LogP contribution in [0, 0.1) is 0 Å². The number of nitrogens with one attached hydrogen (secondary N) is 2. The molecular formula is C10H20N2O2. The standard InChI is InChI=1S/C10H20N2O2/c1-7(2)11-9(14)8(3)12-10(6-13)4-5-10/h7-8,12-13H,4-6H2,1-3H3,(H,11,14). The molecule has 1 aliphatic rings. The quantitative estimate of drug-likeness (QED) is 0.586. The molecule has 0 radical (unpaired) electrons. The fourth-order valence-electron chi connectivity index (χ4n) is 1.43. The molecule has 4 nitrogen and oxygen atoms in total. The molecule has 0 saturated heterocycles. The molecule has 0 aromatic rings. The minimum absolute atomic E-state index is 0.000255. The summed E-state index contributed by atoms with van der Waals surface area (Å²) in [4.78, 5) is 11.5. The first kappa shape index (κ1) is 11.5. The van der Waals surface area contributed by atoms with Gasteiger partial charge in [0.25, 0.3) is 0 Å². The summed E-state index contributed by atoms with van der Waals surface area (Å²) in [5.41, 5.74) is -0.173. The van der Waals surface area contributed by atoms with E-state index in [1.54, 1.807) is 0 Å². The van der Waals surface area contributed by atoms with Gasteiger partial charge in [0.05, 0.1) is 12.6 Å². The molecule has 14 heavy (non-hydrogen) atoms. The second-order valence-electron chi connectivity index (χ2n) is 4.47. The molecule has 1 atom stereocenters. The maximum Gasteiger partial charge on any atom is 0.237 e. The summed E-state index contributed by atoms with van der Waals surface area (Å²) in [5.74, 6) is -0.000255. The van der Waals surface area contributed by atoms with Crippen LogP contribution < -0.4 is 10.6 Å². The van der Waals surface area contributed by atoms with E-state index in [1.165, 1.54) is 0 Å². The minimum atomic E-state index is -0.230. The zero-order chi connectivity index (χ0) is 10.8. The molecule has 82 valence electrons. The van der Waals surface area contributed by atoms with E-state index in [2.05, 4.69) is 10.6 Å². The lowest BCUT2D eigenvalue weighted by Gasteiger charge is -2.21. The molecule has 1 amide bonds. The lowest BCUT2D eigenvalue weighted by molar-refractivity contribution is -0.123. The van der Waals surface area contributed by atoms with Gasteiger partial charge in [0.2, 0.25) is 5.91 Å². The largest absolute Gasteiger partial charge is 0.394 e. The normalized spacial score (nSPS) is 20.6. The van der Waals surface area contributed by atoms with Crippen molar-refractivity contribution in [3.8, 4) is 0 Å². The Morgan fingerprint density at radius 1 is 1.43 bits per heavy atom. The number of carbonyl (C=O) groups is 1. The van der Waals surface area contributed by atoms with Crippen molar-refractivity contribution in [3.05, 3.63) is 0 Å². The fraction of sp³-hybridized carbons (Fsp3) is 0.900. The highest BCUT2D eigenvalue weighted by Gasteiger charge is 2.43. The highest BCUT2D eigenvalue weighted by molar-refractivity contribution is 5.81. The van der Waals surface area contributed by atoms with E-state index in [-0.39, 0.29) is 30.1 Å². The van der Waals surface area contributed by atoms with Crippen LogP contribution in [0.5, 0.6) is 0 Å². The van der Waals surface area contributed by atoms with E-state index >= 15 is 0 Å². The van der Waals surface area contributed by atoms with Crippen LogP contribution >= 0.6 is 0 Å². The van der Waals surface area contributed by atoms with Crippen LogP contribution in [0.2, 0.25) is 0 Å². The van der Waals surface area contributed by atoms with E-state index < -0.39 is 0 Å². The molecule has 1 rings (SSSR count). The van der Waals surface area contributed by atoms with Gasteiger partial charge in [-0.25, -0.2) is 0 Å². The Kier molecular flexibility index (Phi) is 3.50. The first-order valence-corrected chi connectivity index (χ1v) is 5.18. The third-order valence-corrected chi connectivity index (χ3v) is 2.50. The number of aliphatic hydroxyl groups excluding tert-OH is 1. The predicted molar refractivity (Wildman–Crippen MR) is 54.9 cm³/mol. The first-order chi connectivity index (χ1) is 6.49. The van der Waals surface area contributed by atoms with E-state index in [1.807, 2.05) is 20.8 Å². The van der Waals surface area contributed by atoms with E-state index in [0.29, 0.717) is 0 Å². The Hall–Kier alpha value is -0.610. The van der Waals surface area contributed by atoms with Crippen molar-refractivity contribution < 1.29 is 9.90 Å². The summed E-state index contributed by atoms with van der Waals surface area (Å²) in [5, 5.41) is 15.1. The average Bonchev–Trinajstić information content (AvgIpc) is 2.84. The zero-order valence-corrected chi connectivity index (χ0v) is 9.13. The molecule has 1 unspecified atom stereocenters. The van der Waals surface area contributed by atoms with Crippen molar-refractivity contribution in [2.45, 2.75) is 51.2 Å². The van der Waals surface area contributed by atoms with Crippen molar-refractivity contribution in [2.75, 3.05) is 6.61 Å². The van der Waals surface area contributed by atoms with Gasteiger partial charge < -0.3 is 10.4 Å². The molecule has 4 heteroatoms. The van der Waals surface area contributed by atoms with Crippen molar-refractivity contribution in [1.29, 1.82) is 0 Å². The maximum atomic E-state index is 11.5. The Morgan fingerprint density at radius 3 is 2.36 bits per heavy atom. The van der Waals surface area contributed by atoms with E-state index in [0.717, 1.165) is 12.8 Å². The van der Waals surface area contributed by atoms with Gasteiger partial charge in [-0.1, -0.05) is 0 Å². The van der Waals surface area contributed by atoms with Crippen LogP contribution in [0.1, 0.15) is 33.6 Å². The van der Waals surface area contributed by atoms with Crippen molar-refractivity contribution in [1.82, 2.24) is 10.6 Å². The summed E-state index contributed by atoms with van der Waals surface area (Å²) in [6, 6.07) is -0.0666. The van der Waals surface area contributed by atoms with E-state index in [4.69, 9.17) is 5.11 Å². The Bertz CT molecular complexity index is 212. The first-order valence-electron chi connectivity index (χ1n) is 5.18. The molecule has 0 bridgehead atoms. The summed E-state index contributed by atoms with van der Waals surface area (Å²) in [7, 11) is 0. The number of amides is 1. The summed E-state index contributed by atoms with van der Waals surface area (Å²) < 4.78 is 0. The van der Waals surface area contributed by atoms with Crippen molar-refractivity contribution in [2.24, 2.45) is 0 Å². The van der Waals surface area contributed by atoms with Crippen molar-refractivity contribution in [3.63, 3.8) is 0 Å². The molecule has 1 saturated carbocycles. The van der Waals surface area contributed by atoms with Gasteiger partial charge in [0, 0.05) is 11.6 Å². The lowest BCUT2D eigenvalue weighted by Crippen LogP contribution is -2.50. The average molecular weight is 200 g/mol. The Morgan fingerprint density at radius 2 is 2.00 bits per heavy atom. The van der Waals surface area contributed by atoms with Gasteiger partial charge in [0.1, 0.15) is 0 Å². The summed E-state index contributed by atoms with van der Waals surface area (Å²) in [6.45, 7) is 5.81. The predicted octanol–water partition coefficient (Wildman–Crippen LogP) is 0.0140. The van der Waals surface area contributed by atoms with Gasteiger partial charge in [0.15, 0.2) is 0 Å². The van der Waals surface area contributed by atoms with Gasteiger partial charge in [-0.05, 0) is 33.6 Å². The smallest absolute Gasteiger partial charge is 0.237 e. The van der Waals surface area contributed by atoms with Crippen LogP contribution in [0.15, 0.2) is 0 Å². The number of hydrogen-bond donors (Lipinski definition) is 3. The lowest BCUT2D eigenvalue weighted by atomic mass is 10.2. The highest BCUT2D eigenvalue weighted by atomic mass is 16.3. The van der Waals surface area contributed by atoms with Gasteiger partial charge in [-0.2, -0.15) is 0 Å². The second-order valence-corrected chi connectivity index (χ2v) is 4.47. The summed E-state index contributed by atoms with van der Waals surface area (Å²) >= 11 is 0. The molecule has 1 fully saturated rings. The van der Waals surface area contributed by atoms with Crippen LogP contribution in [-0.4, -0.2) is 35.2 Å². The summed E-state index contributed by atoms with van der Waals surface area (Å²) in [6.07, 6.45) is 1.92. The number of hydrogen-bond acceptors (Lipinski definition) is 3. The van der Waals surface area contributed by atoms with Gasteiger partial charge in [-0.15, -0.1) is 0 Å². The number of carbonyl (C=O) groups excluding carboxylic acids is 1. The topological polar surface area (TPSA) is 61.4 Å². The van der Waals surface area contributed by atoms with Crippen molar-refractivity contribution >= 4 is 5.91 Å². The fourth-order valence-corrected chi connectivity index (χ4v) is 1.43. The molecule has 0 heterocycles. The molecule has 0 aromatic carbocycles. The molecule has 3 N–H and O–H groups in total. The van der Waals surface area contributed by atoms with Crippen LogP contribution in [0.4, 0.5) is 0 Å². The Balaban J connectivity index is 2.34. The van der Waals surface area contributed by atoms with Crippen LogP contribution in [0.25, 0.3) is 0 Å². The number of rotatable bonds is 5. The molecule has 0 aliphatic heterocycles. The van der Waals surface area contributed by atoms with Crippen LogP contribution in [0.3, 0.4) is 0 Å². The Labute approximate surface area is 85.1 Å². The zero-order valence-electron chi connectivity index (χ0n) is 9.13. The molecular weight excluding hydrogens is 180 g/mol. The monoisotopic (exact) mass is 200 g/mol. The minimum Gasteiger partial charge on any atom is -0.394 e. The molecule has 1 aliphatic carbocycles. The SMILES string of the molecule is CC(C)NC(=O)C(C)NC1(CO)CC1.